The summed E-state index contributed by atoms with van der Waals surface area (Å²) in [5, 5.41) is 0.366. The molecule has 0 aliphatic carbocycles. The number of nitrogens with one attached hydrogen (secondary N) is 2. The molecule has 122 valence electrons. The zero-order valence-corrected chi connectivity index (χ0v) is 13.6. The fourth-order valence-electron chi connectivity index (χ4n) is 2.04. The topological polar surface area (TPSA) is 109 Å². The summed E-state index contributed by atoms with van der Waals surface area (Å²) in [5.41, 5.74) is -0.717. The summed E-state index contributed by atoms with van der Waals surface area (Å²) in [6.07, 6.45) is 0. The Kier molecular flexibility index (Phi) is 4.08. The van der Waals surface area contributed by atoms with Gasteiger partial charge in [0.2, 0.25) is 0 Å². The lowest BCUT2D eigenvalue weighted by Crippen LogP contribution is -2.35. The van der Waals surface area contributed by atoms with Crippen molar-refractivity contribution in [3.05, 3.63) is 69.6 Å². The van der Waals surface area contributed by atoms with Crippen LogP contribution >= 0.6 is 11.6 Å². The lowest BCUT2D eigenvalue weighted by Gasteiger charge is -2.06. The first-order chi connectivity index (χ1) is 11.4. The van der Waals surface area contributed by atoms with Crippen LogP contribution in [-0.4, -0.2) is 24.3 Å². The van der Waals surface area contributed by atoms with Gasteiger partial charge in [0.1, 0.15) is 0 Å². The summed E-state index contributed by atoms with van der Waals surface area (Å²) < 4.78 is 26.1. The number of sulfonamides is 1. The molecule has 3 rings (SSSR count). The van der Waals surface area contributed by atoms with Crippen LogP contribution in [0.4, 0.5) is 0 Å². The minimum Gasteiger partial charge on any atom is -0.319 e. The van der Waals surface area contributed by atoms with Crippen molar-refractivity contribution in [1.82, 2.24) is 14.7 Å². The van der Waals surface area contributed by atoms with E-state index in [2.05, 4.69) is 9.97 Å². The molecule has 1 amide bonds. The minimum absolute atomic E-state index is 0.0985. The first-order valence-corrected chi connectivity index (χ1v) is 8.55. The van der Waals surface area contributed by atoms with Gasteiger partial charge in [-0.1, -0.05) is 29.8 Å². The lowest BCUT2D eigenvalue weighted by atomic mass is 10.3. The highest BCUT2D eigenvalue weighted by molar-refractivity contribution is 7.90. The van der Waals surface area contributed by atoms with Gasteiger partial charge in [0.05, 0.1) is 15.9 Å². The SMILES string of the molecule is O=C(NS(=O)(=O)c1ccccc1)c1nc2cc(Cl)ccc2[nH]c1=O. The minimum atomic E-state index is -4.10. The van der Waals surface area contributed by atoms with E-state index in [1.807, 2.05) is 4.72 Å². The van der Waals surface area contributed by atoms with Gasteiger partial charge < -0.3 is 4.98 Å². The smallest absolute Gasteiger partial charge is 0.289 e. The molecule has 0 fully saturated rings. The van der Waals surface area contributed by atoms with Crippen molar-refractivity contribution in [2.75, 3.05) is 0 Å². The Hall–Kier alpha value is -2.71. The van der Waals surface area contributed by atoms with E-state index in [4.69, 9.17) is 11.6 Å². The van der Waals surface area contributed by atoms with Crippen LogP contribution in [-0.2, 0) is 10.0 Å². The molecule has 1 aromatic heterocycles. The van der Waals surface area contributed by atoms with Gasteiger partial charge >= 0.3 is 0 Å². The van der Waals surface area contributed by atoms with Gasteiger partial charge in [-0.15, -0.1) is 0 Å². The van der Waals surface area contributed by atoms with Crippen LogP contribution in [0.1, 0.15) is 10.5 Å². The number of hydrogen-bond donors (Lipinski definition) is 2. The van der Waals surface area contributed by atoms with Crippen molar-refractivity contribution >= 4 is 38.6 Å². The molecule has 7 nitrogen and oxygen atoms in total. The number of carbonyl (C=O) groups excluding carboxylic acids is 1. The van der Waals surface area contributed by atoms with Crippen LogP contribution in [0.15, 0.2) is 58.2 Å². The predicted octanol–water partition coefficient (Wildman–Crippen LogP) is 1.70. The number of fused-ring (bicyclic) bond motifs is 1. The molecular formula is C15H10ClN3O4S. The summed E-state index contributed by atoms with van der Waals surface area (Å²) in [7, 11) is -4.10. The number of benzene rings is 2. The molecule has 0 radical (unpaired) electrons. The van der Waals surface area contributed by atoms with E-state index < -0.39 is 27.2 Å². The molecule has 0 spiro atoms. The van der Waals surface area contributed by atoms with E-state index in [1.54, 1.807) is 12.1 Å². The van der Waals surface area contributed by atoms with E-state index in [-0.39, 0.29) is 10.4 Å². The van der Waals surface area contributed by atoms with E-state index in [1.165, 1.54) is 36.4 Å². The highest BCUT2D eigenvalue weighted by Crippen LogP contribution is 2.15. The summed E-state index contributed by atoms with van der Waals surface area (Å²) >= 11 is 5.85. The maximum Gasteiger partial charge on any atom is 0.289 e. The molecular weight excluding hydrogens is 354 g/mol. The van der Waals surface area contributed by atoms with E-state index >= 15 is 0 Å². The number of rotatable bonds is 3. The first-order valence-electron chi connectivity index (χ1n) is 6.68. The average molecular weight is 364 g/mol. The second kappa shape index (κ2) is 6.06. The molecule has 0 aliphatic rings. The number of H-pyrrole nitrogens is 1. The number of aromatic amines is 1. The van der Waals surface area contributed by atoms with Crippen molar-refractivity contribution < 1.29 is 13.2 Å². The van der Waals surface area contributed by atoms with Gasteiger partial charge in [0, 0.05) is 5.02 Å². The summed E-state index contributed by atoms with van der Waals surface area (Å²) in [5.74, 6) is -1.12. The number of hydrogen-bond acceptors (Lipinski definition) is 5. The Balaban J connectivity index is 2.00. The molecule has 0 atom stereocenters. The summed E-state index contributed by atoms with van der Waals surface area (Å²) in [6, 6.07) is 11.9. The van der Waals surface area contributed by atoms with Gasteiger partial charge in [0.25, 0.3) is 21.5 Å². The quantitative estimate of drug-likeness (QED) is 0.736. The van der Waals surface area contributed by atoms with Crippen molar-refractivity contribution in [1.29, 1.82) is 0 Å². The van der Waals surface area contributed by atoms with Crippen LogP contribution in [0.2, 0.25) is 5.02 Å². The third kappa shape index (κ3) is 3.15. The Morgan fingerprint density at radius 1 is 1.12 bits per heavy atom. The second-order valence-electron chi connectivity index (χ2n) is 4.82. The normalized spacial score (nSPS) is 11.4. The molecule has 0 unspecified atom stereocenters. The highest BCUT2D eigenvalue weighted by atomic mass is 35.5. The molecule has 3 aromatic rings. The van der Waals surface area contributed by atoms with Crippen molar-refractivity contribution in [2.45, 2.75) is 4.90 Å². The van der Waals surface area contributed by atoms with Gasteiger partial charge in [-0.05, 0) is 30.3 Å². The molecule has 0 saturated heterocycles. The Bertz CT molecular complexity index is 1090. The predicted molar refractivity (Wildman–Crippen MR) is 88.5 cm³/mol. The largest absolute Gasteiger partial charge is 0.319 e. The zero-order chi connectivity index (χ0) is 17.3. The lowest BCUT2D eigenvalue weighted by molar-refractivity contribution is 0.0975. The fourth-order valence-corrected chi connectivity index (χ4v) is 3.18. The number of amides is 1. The van der Waals surface area contributed by atoms with Gasteiger partial charge in [-0.25, -0.2) is 18.1 Å². The number of halogens is 1. The number of carbonyl (C=O) groups is 1. The van der Waals surface area contributed by atoms with Crippen LogP contribution in [0, 0.1) is 0 Å². The van der Waals surface area contributed by atoms with Crippen molar-refractivity contribution in [3.8, 4) is 0 Å². The first kappa shape index (κ1) is 16.2. The standard InChI is InChI=1S/C15H10ClN3O4S/c16-9-6-7-11-12(8-9)17-13(14(20)18-11)15(21)19-24(22,23)10-4-2-1-3-5-10/h1-8H,(H,18,20)(H,19,21). The van der Waals surface area contributed by atoms with Gasteiger partial charge in [-0.2, -0.15) is 0 Å². The molecule has 9 heteroatoms. The Morgan fingerprint density at radius 2 is 1.83 bits per heavy atom. The third-order valence-corrected chi connectivity index (χ3v) is 4.73. The molecule has 24 heavy (non-hydrogen) atoms. The van der Waals surface area contributed by atoms with Gasteiger partial charge in [-0.3, -0.25) is 9.59 Å². The summed E-state index contributed by atoms with van der Waals surface area (Å²) in [4.78, 5) is 30.4. The molecule has 2 N–H and O–H groups in total. The highest BCUT2D eigenvalue weighted by Gasteiger charge is 2.22. The van der Waals surface area contributed by atoms with Crippen LogP contribution < -0.4 is 10.3 Å². The molecule has 0 aliphatic heterocycles. The van der Waals surface area contributed by atoms with Gasteiger partial charge in [0.15, 0.2) is 5.69 Å². The van der Waals surface area contributed by atoms with Crippen LogP contribution in [0.3, 0.4) is 0 Å². The van der Waals surface area contributed by atoms with E-state index in [0.29, 0.717) is 10.5 Å². The fraction of sp³-hybridized carbons (Fsp3) is 0. The molecule has 2 aromatic carbocycles. The average Bonchev–Trinajstić information content (AvgIpc) is 2.55. The van der Waals surface area contributed by atoms with E-state index in [0.717, 1.165) is 0 Å². The number of aromatic nitrogens is 2. The van der Waals surface area contributed by atoms with Crippen LogP contribution in [0.25, 0.3) is 11.0 Å². The Labute approximate surface area is 141 Å². The van der Waals surface area contributed by atoms with Crippen LogP contribution in [0.5, 0.6) is 0 Å². The van der Waals surface area contributed by atoms with E-state index in [9.17, 15) is 18.0 Å². The maximum atomic E-state index is 12.2. The zero-order valence-electron chi connectivity index (χ0n) is 12.0. The Morgan fingerprint density at radius 3 is 2.54 bits per heavy atom. The monoisotopic (exact) mass is 363 g/mol. The molecule has 0 bridgehead atoms. The molecule has 1 heterocycles. The molecule has 0 saturated carbocycles. The maximum absolute atomic E-state index is 12.2. The third-order valence-electron chi connectivity index (χ3n) is 3.15. The number of nitrogens with zero attached hydrogens (tertiary/aromatic N) is 1. The second-order valence-corrected chi connectivity index (χ2v) is 6.94. The summed E-state index contributed by atoms with van der Waals surface area (Å²) in [6.45, 7) is 0. The van der Waals surface area contributed by atoms with Crippen molar-refractivity contribution in [2.24, 2.45) is 0 Å². The van der Waals surface area contributed by atoms with Crippen molar-refractivity contribution in [3.63, 3.8) is 0 Å².